The van der Waals surface area contributed by atoms with Crippen molar-refractivity contribution in [1.82, 2.24) is 19.7 Å². The summed E-state index contributed by atoms with van der Waals surface area (Å²) in [7, 11) is 0. The summed E-state index contributed by atoms with van der Waals surface area (Å²) in [5, 5.41) is 8.62. The zero-order valence-electron chi connectivity index (χ0n) is 13.0. The van der Waals surface area contributed by atoms with E-state index in [2.05, 4.69) is 31.8 Å². The third kappa shape index (κ3) is 2.92. The maximum atomic E-state index is 5.22. The molecule has 1 saturated heterocycles. The fourth-order valence-electron chi connectivity index (χ4n) is 3.35. The number of para-hydroxylation sites is 1. The Kier molecular flexibility index (Phi) is 3.94. The van der Waals surface area contributed by atoms with Crippen molar-refractivity contribution in [3.63, 3.8) is 0 Å². The third-order valence-electron chi connectivity index (χ3n) is 4.49. The van der Waals surface area contributed by atoms with Crippen molar-refractivity contribution in [2.75, 3.05) is 6.54 Å². The number of piperidine rings is 1. The fourth-order valence-corrected chi connectivity index (χ4v) is 3.35. The molecule has 0 amide bonds. The van der Waals surface area contributed by atoms with E-state index >= 15 is 0 Å². The Labute approximate surface area is 135 Å². The van der Waals surface area contributed by atoms with Crippen LogP contribution in [0.5, 0.6) is 0 Å². The van der Waals surface area contributed by atoms with Crippen LogP contribution in [0.4, 0.5) is 0 Å². The normalized spacial score (nSPS) is 19.0. The quantitative estimate of drug-likeness (QED) is 0.739. The summed E-state index contributed by atoms with van der Waals surface area (Å²) >= 11 is 0. The molecule has 0 spiro atoms. The van der Waals surface area contributed by atoms with Crippen molar-refractivity contribution in [1.29, 1.82) is 0 Å². The minimum atomic E-state index is 0.293. The van der Waals surface area contributed by atoms with Crippen LogP contribution in [-0.4, -0.2) is 26.2 Å². The molecule has 118 valence electrons. The maximum absolute atomic E-state index is 5.22. The molecule has 3 heterocycles. The van der Waals surface area contributed by atoms with Crippen LogP contribution >= 0.6 is 0 Å². The van der Waals surface area contributed by atoms with E-state index in [0.717, 1.165) is 31.0 Å². The number of likely N-dealkylation sites (tertiary alicyclic amines) is 1. The molecule has 1 aliphatic rings. The smallest absolute Gasteiger partial charge is 0.154 e. The molecule has 5 heteroatoms. The third-order valence-corrected chi connectivity index (χ3v) is 4.49. The van der Waals surface area contributed by atoms with Crippen molar-refractivity contribution < 1.29 is 4.42 Å². The van der Waals surface area contributed by atoms with E-state index in [1.807, 2.05) is 36.9 Å². The topological polar surface area (TPSA) is 47.1 Å². The molecule has 5 nitrogen and oxygen atoms in total. The average molecular weight is 308 g/mol. The fraction of sp³-hybridized carbons (Fsp3) is 0.333. The largest absolute Gasteiger partial charge is 0.472 e. The minimum Gasteiger partial charge on any atom is -0.472 e. The molecule has 1 atom stereocenters. The summed E-state index contributed by atoms with van der Waals surface area (Å²) in [5.74, 6) is 1.03. The average Bonchev–Trinajstić information content (AvgIpc) is 3.28. The monoisotopic (exact) mass is 308 g/mol. The minimum absolute atomic E-state index is 0.293. The Morgan fingerprint density at radius 1 is 1.13 bits per heavy atom. The number of nitrogens with zero attached hydrogens (tertiary/aromatic N) is 4. The first kappa shape index (κ1) is 14.2. The van der Waals surface area contributed by atoms with Gasteiger partial charge in [-0.25, -0.2) is 0 Å². The van der Waals surface area contributed by atoms with Crippen LogP contribution in [0.15, 0.2) is 59.7 Å². The molecule has 0 radical (unpaired) electrons. The zero-order valence-corrected chi connectivity index (χ0v) is 13.0. The highest BCUT2D eigenvalue weighted by molar-refractivity contribution is 5.32. The second-order valence-corrected chi connectivity index (χ2v) is 6.01. The Bertz CT molecular complexity index is 735. The number of benzene rings is 1. The van der Waals surface area contributed by atoms with Crippen molar-refractivity contribution in [3.8, 4) is 5.69 Å². The van der Waals surface area contributed by atoms with Gasteiger partial charge in [-0.3, -0.25) is 9.47 Å². The molecule has 1 aliphatic heterocycles. The predicted octanol–water partition coefficient (Wildman–Crippen LogP) is 3.59. The van der Waals surface area contributed by atoms with E-state index in [1.165, 1.54) is 18.4 Å². The van der Waals surface area contributed by atoms with Gasteiger partial charge in [-0.15, -0.1) is 10.2 Å². The first-order chi connectivity index (χ1) is 11.4. The molecule has 0 bridgehead atoms. The Morgan fingerprint density at radius 3 is 2.87 bits per heavy atom. The molecule has 1 aromatic carbocycles. The number of hydrogen-bond acceptors (Lipinski definition) is 4. The van der Waals surface area contributed by atoms with Gasteiger partial charge in [-0.05, 0) is 37.6 Å². The Hall–Kier alpha value is -2.40. The molecule has 0 unspecified atom stereocenters. The summed E-state index contributed by atoms with van der Waals surface area (Å²) in [6.07, 6.45) is 8.95. The second kappa shape index (κ2) is 6.38. The van der Waals surface area contributed by atoms with E-state index in [4.69, 9.17) is 4.42 Å². The van der Waals surface area contributed by atoms with Crippen LogP contribution in [0.1, 0.15) is 36.7 Å². The Balaban J connectivity index is 1.64. The highest BCUT2D eigenvalue weighted by atomic mass is 16.3. The maximum Gasteiger partial charge on any atom is 0.154 e. The van der Waals surface area contributed by atoms with Gasteiger partial charge in [0, 0.05) is 17.8 Å². The lowest BCUT2D eigenvalue weighted by molar-refractivity contribution is 0.132. The molecule has 0 aliphatic carbocycles. The van der Waals surface area contributed by atoms with E-state index in [9.17, 15) is 0 Å². The summed E-state index contributed by atoms with van der Waals surface area (Å²) in [6.45, 7) is 1.97. The first-order valence-electron chi connectivity index (χ1n) is 8.12. The molecule has 3 aromatic rings. The lowest BCUT2D eigenvalue weighted by Gasteiger charge is -2.34. The van der Waals surface area contributed by atoms with E-state index in [0.29, 0.717) is 6.04 Å². The number of rotatable bonds is 4. The molecule has 2 aromatic heterocycles. The standard InChI is InChI=1S/C18H20N4O/c1-2-6-16(7-3-1)22-14-19-20-18(22)17-8-4-5-10-21(17)12-15-9-11-23-13-15/h1-3,6-7,9,11,13-14,17H,4-5,8,10,12H2/t17-/m1/s1. The zero-order chi connectivity index (χ0) is 15.5. The number of hydrogen-bond donors (Lipinski definition) is 0. The van der Waals surface area contributed by atoms with Gasteiger partial charge in [0.15, 0.2) is 5.82 Å². The van der Waals surface area contributed by atoms with Gasteiger partial charge in [0.2, 0.25) is 0 Å². The van der Waals surface area contributed by atoms with Crippen LogP contribution in [0.3, 0.4) is 0 Å². The van der Waals surface area contributed by atoms with Crippen LogP contribution < -0.4 is 0 Å². The van der Waals surface area contributed by atoms with E-state index < -0.39 is 0 Å². The van der Waals surface area contributed by atoms with Gasteiger partial charge in [-0.2, -0.15) is 0 Å². The first-order valence-corrected chi connectivity index (χ1v) is 8.12. The van der Waals surface area contributed by atoms with Crippen LogP contribution in [0, 0.1) is 0 Å². The second-order valence-electron chi connectivity index (χ2n) is 6.01. The summed E-state index contributed by atoms with van der Waals surface area (Å²) in [4.78, 5) is 2.48. The van der Waals surface area contributed by atoms with Gasteiger partial charge >= 0.3 is 0 Å². The lowest BCUT2D eigenvalue weighted by Crippen LogP contribution is -2.34. The number of furan rings is 1. The molecular formula is C18H20N4O. The summed E-state index contributed by atoms with van der Waals surface area (Å²) in [6, 6.07) is 12.6. The van der Waals surface area contributed by atoms with Crippen LogP contribution in [0.25, 0.3) is 5.69 Å². The van der Waals surface area contributed by atoms with Crippen molar-refractivity contribution >= 4 is 0 Å². The summed E-state index contributed by atoms with van der Waals surface area (Å²) in [5.41, 5.74) is 2.32. The molecular weight excluding hydrogens is 288 g/mol. The van der Waals surface area contributed by atoms with Gasteiger partial charge in [0.1, 0.15) is 6.33 Å². The van der Waals surface area contributed by atoms with Crippen molar-refractivity contribution in [2.45, 2.75) is 31.8 Å². The summed E-state index contributed by atoms with van der Waals surface area (Å²) < 4.78 is 7.32. The van der Waals surface area contributed by atoms with Gasteiger partial charge in [0.25, 0.3) is 0 Å². The van der Waals surface area contributed by atoms with Gasteiger partial charge in [-0.1, -0.05) is 24.6 Å². The van der Waals surface area contributed by atoms with Gasteiger partial charge in [0.05, 0.1) is 18.6 Å². The van der Waals surface area contributed by atoms with Crippen molar-refractivity contribution in [3.05, 3.63) is 66.6 Å². The molecule has 0 N–H and O–H groups in total. The highest BCUT2D eigenvalue weighted by Gasteiger charge is 2.28. The van der Waals surface area contributed by atoms with Crippen molar-refractivity contribution in [2.24, 2.45) is 0 Å². The van der Waals surface area contributed by atoms with Crippen LogP contribution in [0.2, 0.25) is 0 Å². The Morgan fingerprint density at radius 2 is 2.04 bits per heavy atom. The van der Waals surface area contributed by atoms with Gasteiger partial charge < -0.3 is 4.42 Å². The highest BCUT2D eigenvalue weighted by Crippen LogP contribution is 2.32. The van der Waals surface area contributed by atoms with Crippen LogP contribution in [-0.2, 0) is 6.54 Å². The molecule has 4 rings (SSSR count). The van der Waals surface area contributed by atoms with E-state index in [-0.39, 0.29) is 0 Å². The molecule has 23 heavy (non-hydrogen) atoms. The molecule has 0 saturated carbocycles. The predicted molar refractivity (Wildman–Crippen MR) is 87.1 cm³/mol. The molecule has 1 fully saturated rings. The van der Waals surface area contributed by atoms with E-state index in [1.54, 1.807) is 6.26 Å². The number of aromatic nitrogens is 3. The lowest BCUT2D eigenvalue weighted by atomic mass is 10.0. The SMILES string of the molecule is c1ccc(-n2cnnc2[C@H]2CCCCN2Cc2ccoc2)cc1.